The number of amides is 2. The van der Waals surface area contributed by atoms with Gasteiger partial charge in [0.2, 0.25) is 5.91 Å². The molecule has 0 unspecified atom stereocenters. The summed E-state index contributed by atoms with van der Waals surface area (Å²) in [5.41, 5.74) is 0.148. The van der Waals surface area contributed by atoms with Crippen molar-refractivity contribution in [2.75, 3.05) is 7.11 Å². The zero-order chi connectivity index (χ0) is 24.3. The van der Waals surface area contributed by atoms with Crippen molar-refractivity contribution in [3.8, 4) is 0 Å². The Morgan fingerprint density at radius 2 is 1.62 bits per heavy atom. The molecule has 9 nitrogen and oxygen atoms in total. The normalized spacial score (nSPS) is 13.0. The van der Waals surface area contributed by atoms with Gasteiger partial charge in [-0.05, 0) is 38.7 Å². The van der Waals surface area contributed by atoms with Gasteiger partial charge in [0.25, 0.3) is 0 Å². The maximum Gasteiger partial charge on any atom is 0.408 e. The number of esters is 2. The molecule has 0 radical (unpaired) electrons. The van der Waals surface area contributed by atoms with Crippen LogP contribution >= 0.6 is 0 Å². The van der Waals surface area contributed by atoms with Crippen molar-refractivity contribution in [3.63, 3.8) is 0 Å². The van der Waals surface area contributed by atoms with Crippen LogP contribution in [0.4, 0.5) is 4.79 Å². The zero-order valence-corrected chi connectivity index (χ0v) is 19.6. The first-order chi connectivity index (χ1) is 14.9. The third kappa shape index (κ3) is 10.3. The summed E-state index contributed by atoms with van der Waals surface area (Å²) in [4.78, 5) is 49.1. The lowest BCUT2D eigenvalue weighted by Gasteiger charge is -2.25. The topological polar surface area (TPSA) is 120 Å². The molecular weight excluding hydrogens is 416 g/mol. The Morgan fingerprint density at radius 3 is 2.16 bits per heavy atom. The van der Waals surface area contributed by atoms with E-state index in [4.69, 9.17) is 14.2 Å². The van der Waals surface area contributed by atoms with E-state index in [1.165, 1.54) is 7.11 Å². The van der Waals surface area contributed by atoms with E-state index in [9.17, 15) is 19.2 Å². The number of benzene rings is 1. The average molecular weight is 451 g/mol. The summed E-state index contributed by atoms with van der Waals surface area (Å²) in [7, 11) is 1.19. The van der Waals surface area contributed by atoms with E-state index < -0.39 is 41.6 Å². The van der Waals surface area contributed by atoms with E-state index in [0.717, 1.165) is 5.56 Å². The number of carbonyl (C=O) groups excluding carboxylic acids is 4. The number of alkyl carbamates (subject to hydrolysis) is 1. The van der Waals surface area contributed by atoms with Crippen molar-refractivity contribution < 1.29 is 33.4 Å². The molecule has 1 aromatic rings. The molecule has 2 atom stereocenters. The van der Waals surface area contributed by atoms with Crippen LogP contribution in [-0.2, 0) is 35.2 Å². The first-order valence-electron chi connectivity index (χ1n) is 10.5. The van der Waals surface area contributed by atoms with Gasteiger partial charge in [0.05, 0.1) is 7.11 Å². The van der Waals surface area contributed by atoms with E-state index in [0.29, 0.717) is 0 Å². The summed E-state index contributed by atoms with van der Waals surface area (Å²) in [5.74, 6) is -2.07. The highest BCUT2D eigenvalue weighted by Crippen LogP contribution is 2.11. The minimum absolute atomic E-state index is 0.00338. The highest BCUT2D eigenvalue weighted by molar-refractivity contribution is 5.90. The first kappa shape index (κ1) is 26.9. The fraction of sp³-hybridized carbons (Fsp3) is 0.565. The van der Waals surface area contributed by atoms with Crippen molar-refractivity contribution in [1.82, 2.24) is 10.6 Å². The van der Waals surface area contributed by atoms with Crippen LogP contribution in [0.1, 0.15) is 53.0 Å². The third-order valence-corrected chi connectivity index (χ3v) is 4.29. The van der Waals surface area contributed by atoms with Gasteiger partial charge < -0.3 is 24.8 Å². The van der Waals surface area contributed by atoms with Gasteiger partial charge >= 0.3 is 18.0 Å². The smallest absolute Gasteiger partial charge is 0.408 e. The lowest BCUT2D eigenvalue weighted by atomic mass is 10.0. The second kappa shape index (κ2) is 12.7. The minimum atomic E-state index is -1.07. The minimum Gasteiger partial charge on any atom is -0.467 e. The Labute approximate surface area is 189 Å². The van der Waals surface area contributed by atoms with Crippen LogP contribution in [0.5, 0.6) is 0 Å². The van der Waals surface area contributed by atoms with Gasteiger partial charge in [0.1, 0.15) is 24.3 Å². The van der Waals surface area contributed by atoms with Crippen LogP contribution in [0, 0.1) is 5.92 Å². The Hall–Kier alpha value is -3.10. The fourth-order valence-corrected chi connectivity index (χ4v) is 2.73. The Kier molecular flexibility index (Phi) is 10.7. The van der Waals surface area contributed by atoms with Crippen molar-refractivity contribution in [2.45, 2.75) is 71.8 Å². The van der Waals surface area contributed by atoms with Crippen LogP contribution in [0.15, 0.2) is 30.3 Å². The number of methoxy groups -OCH3 is 1. The molecule has 9 heteroatoms. The molecule has 0 aliphatic rings. The molecule has 1 aromatic carbocycles. The number of carbonyl (C=O) groups is 4. The predicted octanol–water partition coefficient (Wildman–Crippen LogP) is 2.72. The summed E-state index contributed by atoms with van der Waals surface area (Å²) < 4.78 is 15.1. The second-order valence-corrected chi connectivity index (χ2v) is 8.64. The molecule has 0 fully saturated rings. The lowest BCUT2D eigenvalue weighted by molar-refractivity contribution is -0.155. The summed E-state index contributed by atoms with van der Waals surface area (Å²) in [5, 5.41) is 5.08. The molecule has 0 spiro atoms. The third-order valence-electron chi connectivity index (χ3n) is 4.29. The predicted molar refractivity (Wildman–Crippen MR) is 117 cm³/mol. The van der Waals surface area contributed by atoms with E-state index in [2.05, 4.69) is 10.6 Å². The molecule has 2 N–H and O–H groups in total. The Bertz CT molecular complexity index is 772. The van der Waals surface area contributed by atoms with Crippen LogP contribution in [-0.4, -0.2) is 48.7 Å². The monoisotopic (exact) mass is 450 g/mol. The summed E-state index contributed by atoms with van der Waals surface area (Å²) >= 11 is 0. The van der Waals surface area contributed by atoms with Gasteiger partial charge in [-0.2, -0.15) is 0 Å². The molecule has 0 aliphatic heterocycles. The van der Waals surface area contributed by atoms with Crippen LogP contribution < -0.4 is 10.6 Å². The van der Waals surface area contributed by atoms with E-state index >= 15 is 0 Å². The molecular formula is C23H34N2O7. The highest BCUT2D eigenvalue weighted by Gasteiger charge is 2.30. The standard InChI is InChI=1S/C23H34N2O7/c1-15(2)19(25-22(29)31-14-16-10-8-7-9-11-16)20(27)24-17(21(28)30-6)12-13-18(26)32-23(3,4)5/h7-11,15,17,19H,12-14H2,1-6H3,(H,24,27)(H,25,29)/t17-,19-/m0/s1. The lowest BCUT2D eigenvalue weighted by Crippen LogP contribution is -2.54. The number of hydrogen-bond donors (Lipinski definition) is 2. The van der Waals surface area contributed by atoms with Gasteiger partial charge in [-0.1, -0.05) is 44.2 Å². The van der Waals surface area contributed by atoms with Crippen LogP contribution in [0.25, 0.3) is 0 Å². The molecule has 178 valence electrons. The Morgan fingerprint density at radius 1 is 1.00 bits per heavy atom. The number of ether oxygens (including phenoxy) is 3. The van der Waals surface area contributed by atoms with E-state index in [1.807, 2.05) is 30.3 Å². The average Bonchev–Trinajstić information content (AvgIpc) is 2.71. The maximum absolute atomic E-state index is 12.8. The van der Waals surface area contributed by atoms with Crippen molar-refractivity contribution >= 4 is 23.9 Å². The van der Waals surface area contributed by atoms with Gasteiger partial charge in [0.15, 0.2) is 0 Å². The molecule has 0 aromatic heterocycles. The van der Waals surface area contributed by atoms with Crippen molar-refractivity contribution in [2.24, 2.45) is 5.92 Å². The van der Waals surface area contributed by atoms with E-state index in [-0.39, 0.29) is 25.4 Å². The number of nitrogens with one attached hydrogen (secondary N) is 2. The largest absolute Gasteiger partial charge is 0.467 e. The quantitative estimate of drug-likeness (QED) is 0.415. The molecule has 0 heterocycles. The number of rotatable bonds is 10. The molecule has 2 amide bonds. The van der Waals surface area contributed by atoms with Gasteiger partial charge in [-0.25, -0.2) is 9.59 Å². The van der Waals surface area contributed by atoms with Gasteiger partial charge in [-0.15, -0.1) is 0 Å². The SMILES string of the molecule is COC(=O)[C@H](CCC(=O)OC(C)(C)C)NC(=O)[C@@H](NC(=O)OCc1ccccc1)C(C)C. The summed E-state index contributed by atoms with van der Waals surface area (Å²) in [6.07, 6.45) is -0.849. The van der Waals surface area contributed by atoms with E-state index in [1.54, 1.807) is 34.6 Å². The van der Waals surface area contributed by atoms with Gasteiger partial charge in [-0.3, -0.25) is 9.59 Å². The molecule has 0 bridgehead atoms. The number of hydrogen-bond acceptors (Lipinski definition) is 7. The molecule has 0 saturated carbocycles. The molecule has 0 saturated heterocycles. The summed E-state index contributed by atoms with van der Waals surface area (Å²) in [6.45, 7) is 8.76. The Balaban J connectivity index is 2.71. The molecule has 1 rings (SSSR count). The van der Waals surface area contributed by atoms with Crippen LogP contribution in [0.3, 0.4) is 0 Å². The maximum atomic E-state index is 12.8. The molecule has 0 aliphatic carbocycles. The van der Waals surface area contributed by atoms with Crippen LogP contribution in [0.2, 0.25) is 0 Å². The van der Waals surface area contributed by atoms with Crippen molar-refractivity contribution in [1.29, 1.82) is 0 Å². The second-order valence-electron chi connectivity index (χ2n) is 8.64. The zero-order valence-electron chi connectivity index (χ0n) is 19.6. The molecule has 32 heavy (non-hydrogen) atoms. The van der Waals surface area contributed by atoms with Crippen molar-refractivity contribution in [3.05, 3.63) is 35.9 Å². The summed E-state index contributed by atoms with van der Waals surface area (Å²) in [6, 6.07) is 7.10. The highest BCUT2D eigenvalue weighted by atomic mass is 16.6. The van der Waals surface area contributed by atoms with Gasteiger partial charge in [0, 0.05) is 6.42 Å². The first-order valence-corrected chi connectivity index (χ1v) is 10.5. The fourth-order valence-electron chi connectivity index (χ4n) is 2.73.